The lowest BCUT2D eigenvalue weighted by molar-refractivity contribution is -0.137. The molecule has 1 heterocycles. The van der Waals surface area contributed by atoms with Crippen LogP contribution in [0, 0.1) is 0 Å². The fourth-order valence-corrected chi connectivity index (χ4v) is 2.14. The van der Waals surface area contributed by atoms with Crippen molar-refractivity contribution >= 4 is 15.9 Å². The molecule has 2 aromatic rings. The van der Waals surface area contributed by atoms with E-state index >= 15 is 0 Å². The van der Waals surface area contributed by atoms with Crippen LogP contribution in [0.3, 0.4) is 0 Å². The fraction of sp³-hybridized carbons (Fsp3) is 0.250. The molecular weight excluding hydrogens is 323 g/mol. The third-order valence-corrected chi connectivity index (χ3v) is 3.11. The van der Waals surface area contributed by atoms with Gasteiger partial charge in [-0.1, -0.05) is 15.9 Å². The van der Waals surface area contributed by atoms with Crippen LogP contribution in [0.5, 0.6) is 0 Å². The third-order valence-electron chi connectivity index (χ3n) is 2.61. The highest BCUT2D eigenvalue weighted by Gasteiger charge is 2.32. The Morgan fingerprint density at radius 3 is 2.63 bits per heavy atom. The molecule has 0 unspecified atom stereocenters. The van der Waals surface area contributed by atoms with Gasteiger partial charge >= 0.3 is 6.18 Å². The molecule has 102 valence electrons. The highest BCUT2D eigenvalue weighted by Crippen LogP contribution is 2.30. The highest BCUT2D eigenvalue weighted by molar-refractivity contribution is 9.10. The highest BCUT2D eigenvalue weighted by atomic mass is 79.9. The Labute approximate surface area is 116 Å². The molecule has 3 nitrogen and oxygen atoms in total. The minimum atomic E-state index is -4.39. The van der Waals surface area contributed by atoms with Gasteiger partial charge in [0.05, 0.1) is 17.4 Å². The van der Waals surface area contributed by atoms with E-state index in [-0.39, 0.29) is 0 Å². The van der Waals surface area contributed by atoms with Gasteiger partial charge in [-0.15, -0.1) is 0 Å². The molecule has 2 rings (SSSR count). The Hall–Kier alpha value is -1.34. The number of alkyl halides is 3. The molecule has 1 aromatic carbocycles. The molecule has 7 heteroatoms. The van der Waals surface area contributed by atoms with Crippen molar-refractivity contribution in [3.63, 3.8) is 0 Å². The van der Waals surface area contributed by atoms with Gasteiger partial charge in [0.1, 0.15) is 0 Å². The normalized spacial score (nSPS) is 11.8. The first-order valence-electron chi connectivity index (χ1n) is 5.52. The Balaban J connectivity index is 2.44. The molecule has 1 aromatic heterocycles. The number of nitrogens with two attached hydrogens (primary N) is 1. The minimum Gasteiger partial charge on any atom is -0.330 e. The standard InChI is InChI=1S/C12H11BrF3N3/c13-10-1-2-11(8(5-10)3-4-17)19-7-9(6-18-19)12(14,15)16/h1-2,5-7H,3-4,17H2. The van der Waals surface area contributed by atoms with E-state index in [1.54, 1.807) is 12.1 Å². The molecule has 0 atom stereocenters. The second kappa shape index (κ2) is 5.34. The molecule has 0 amide bonds. The van der Waals surface area contributed by atoms with Crippen LogP contribution in [-0.2, 0) is 12.6 Å². The maximum absolute atomic E-state index is 12.5. The summed E-state index contributed by atoms with van der Waals surface area (Å²) in [4.78, 5) is 0. The van der Waals surface area contributed by atoms with Crippen molar-refractivity contribution < 1.29 is 13.2 Å². The topological polar surface area (TPSA) is 43.8 Å². The number of nitrogens with zero attached hydrogens (tertiary/aromatic N) is 2. The first kappa shape index (κ1) is 14.1. The van der Waals surface area contributed by atoms with Gasteiger partial charge in [-0.25, -0.2) is 4.68 Å². The Morgan fingerprint density at radius 1 is 1.32 bits per heavy atom. The van der Waals surface area contributed by atoms with Gasteiger partial charge in [0.2, 0.25) is 0 Å². The number of hydrogen-bond donors (Lipinski definition) is 1. The number of halogens is 4. The summed E-state index contributed by atoms with van der Waals surface area (Å²) in [6.07, 6.45) is -2.03. The minimum absolute atomic E-state index is 0.414. The monoisotopic (exact) mass is 333 g/mol. The number of hydrogen-bond acceptors (Lipinski definition) is 2. The zero-order valence-electron chi connectivity index (χ0n) is 9.78. The van der Waals surface area contributed by atoms with E-state index in [4.69, 9.17) is 5.73 Å². The molecule has 0 fully saturated rings. The van der Waals surface area contributed by atoms with Crippen molar-refractivity contribution in [1.29, 1.82) is 0 Å². The largest absolute Gasteiger partial charge is 0.419 e. The third kappa shape index (κ3) is 3.16. The van der Waals surface area contributed by atoms with E-state index in [0.717, 1.165) is 22.4 Å². The molecule has 19 heavy (non-hydrogen) atoms. The summed E-state index contributed by atoms with van der Waals surface area (Å²) in [5.41, 5.74) is 6.18. The van der Waals surface area contributed by atoms with Gasteiger partial charge in [-0.3, -0.25) is 0 Å². The SMILES string of the molecule is NCCc1cc(Br)ccc1-n1cc(C(F)(F)F)cn1. The summed E-state index contributed by atoms with van der Waals surface area (Å²) < 4.78 is 39.7. The van der Waals surface area contributed by atoms with E-state index < -0.39 is 11.7 Å². The maximum Gasteiger partial charge on any atom is 0.419 e. The van der Waals surface area contributed by atoms with Crippen LogP contribution in [0.1, 0.15) is 11.1 Å². The number of rotatable bonds is 3. The second-order valence-electron chi connectivity index (χ2n) is 3.98. The lowest BCUT2D eigenvalue weighted by Crippen LogP contribution is -2.07. The van der Waals surface area contributed by atoms with Crippen molar-refractivity contribution in [3.05, 3.63) is 46.2 Å². The van der Waals surface area contributed by atoms with E-state index in [1.807, 2.05) is 6.07 Å². The van der Waals surface area contributed by atoms with Crippen LogP contribution < -0.4 is 5.73 Å². The van der Waals surface area contributed by atoms with Crippen molar-refractivity contribution in [2.45, 2.75) is 12.6 Å². The lowest BCUT2D eigenvalue weighted by atomic mass is 10.1. The lowest BCUT2D eigenvalue weighted by Gasteiger charge is -2.09. The molecule has 0 spiro atoms. The zero-order chi connectivity index (χ0) is 14.0. The molecule has 0 radical (unpaired) electrons. The average molecular weight is 334 g/mol. The molecule has 0 bridgehead atoms. The van der Waals surface area contributed by atoms with Crippen molar-refractivity contribution in [3.8, 4) is 5.69 Å². The Morgan fingerprint density at radius 2 is 2.05 bits per heavy atom. The van der Waals surface area contributed by atoms with Crippen LogP contribution in [-0.4, -0.2) is 16.3 Å². The number of aromatic nitrogens is 2. The summed E-state index contributed by atoms with van der Waals surface area (Å²) in [5.74, 6) is 0. The van der Waals surface area contributed by atoms with Gasteiger partial charge in [0.25, 0.3) is 0 Å². The molecule has 0 aliphatic heterocycles. The van der Waals surface area contributed by atoms with Crippen LogP contribution in [0.25, 0.3) is 5.69 Å². The fourth-order valence-electron chi connectivity index (χ4n) is 1.73. The van der Waals surface area contributed by atoms with Crippen LogP contribution in [0.2, 0.25) is 0 Å². The summed E-state index contributed by atoms with van der Waals surface area (Å²) in [7, 11) is 0. The second-order valence-corrected chi connectivity index (χ2v) is 4.90. The number of benzene rings is 1. The summed E-state index contributed by atoms with van der Waals surface area (Å²) in [6.45, 7) is 0.414. The van der Waals surface area contributed by atoms with Gasteiger partial charge in [0.15, 0.2) is 0 Å². The van der Waals surface area contributed by atoms with E-state index in [2.05, 4.69) is 21.0 Å². The van der Waals surface area contributed by atoms with Crippen molar-refractivity contribution in [2.24, 2.45) is 5.73 Å². The van der Waals surface area contributed by atoms with Gasteiger partial charge < -0.3 is 5.73 Å². The zero-order valence-corrected chi connectivity index (χ0v) is 11.4. The summed E-state index contributed by atoms with van der Waals surface area (Å²) >= 11 is 3.33. The van der Waals surface area contributed by atoms with E-state index in [9.17, 15) is 13.2 Å². The maximum atomic E-state index is 12.5. The van der Waals surface area contributed by atoms with Crippen molar-refractivity contribution in [2.75, 3.05) is 6.54 Å². The average Bonchev–Trinajstić information content (AvgIpc) is 2.78. The van der Waals surface area contributed by atoms with Gasteiger partial charge in [-0.2, -0.15) is 18.3 Å². The summed E-state index contributed by atoms with van der Waals surface area (Å²) in [6, 6.07) is 5.30. The molecule has 0 saturated carbocycles. The van der Waals surface area contributed by atoms with Crippen LogP contribution >= 0.6 is 15.9 Å². The van der Waals surface area contributed by atoms with Gasteiger partial charge in [0, 0.05) is 10.7 Å². The molecule has 2 N–H and O–H groups in total. The van der Waals surface area contributed by atoms with Crippen LogP contribution in [0.15, 0.2) is 35.1 Å². The Kier molecular flexibility index (Phi) is 3.96. The smallest absolute Gasteiger partial charge is 0.330 e. The first-order valence-corrected chi connectivity index (χ1v) is 6.32. The predicted octanol–water partition coefficient (Wildman–Crippen LogP) is 3.15. The van der Waals surface area contributed by atoms with Gasteiger partial charge in [-0.05, 0) is 36.7 Å². The Bertz CT molecular complexity index is 578. The summed E-state index contributed by atoms with van der Waals surface area (Å²) in [5, 5.41) is 3.77. The molecular formula is C12H11BrF3N3. The van der Waals surface area contributed by atoms with E-state index in [0.29, 0.717) is 18.7 Å². The van der Waals surface area contributed by atoms with Crippen molar-refractivity contribution in [1.82, 2.24) is 9.78 Å². The van der Waals surface area contributed by atoms with E-state index in [1.165, 1.54) is 4.68 Å². The van der Waals surface area contributed by atoms with Crippen LogP contribution in [0.4, 0.5) is 13.2 Å². The predicted molar refractivity (Wildman–Crippen MR) is 69.0 cm³/mol. The molecule has 0 aliphatic rings. The molecule has 0 saturated heterocycles. The quantitative estimate of drug-likeness (QED) is 0.937. The molecule has 0 aliphatic carbocycles. The first-order chi connectivity index (χ1) is 8.91.